The third-order valence-electron chi connectivity index (χ3n) is 1.87. The predicted molar refractivity (Wildman–Crippen MR) is 52.7 cm³/mol. The quantitative estimate of drug-likeness (QED) is 0.551. The van der Waals surface area contributed by atoms with Crippen LogP contribution in [-0.4, -0.2) is 5.84 Å². The van der Waals surface area contributed by atoms with Crippen molar-refractivity contribution in [3.63, 3.8) is 0 Å². The van der Waals surface area contributed by atoms with Crippen molar-refractivity contribution in [3.05, 3.63) is 29.6 Å². The Balaban J connectivity index is 3.09. The van der Waals surface area contributed by atoms with Crippen molar-refractivity contribution >= 4 is 11.5 Å². The highest BCUT2D eigenvalue weighted by atomic mass is 19.1. The van der Waals surface area contributed by atoms with E-state index in [0.717, 1.165) is 0 Å². The fourth-order valence-electron chi connectivity index (χ4n) is 0.951. The molecule has 0 amide bonds. The minimum Gasteiger partial charge on any atom is -0.387 e. The first-order chi connectivity index (χ1) is 6.15. The van der Waals surface area contributed by atoms with E-state index < -0.39 is 0 Å². The topological polar surface area (TPSA) is 38.4 Å². The van der Waals surface area contributed by atoms with Crippen LogP contribution in [0.2, 0.25) is 0 Å². The van der Waals surface area contributed by atoms with E-state index in [9.17, 15) is 4.39 Å². The van der Waals surface area contributed by atoms with Crippen LogP contribution in [0.25, 0.3) is 0 Å². The summed E-state index contributed by atoms with van der Waals surface area (Å²) < 4.78 is 13.0. The van der Waals surface area contributed by atoms with Gasteiger partial charge in [0.15, 0.2) is 0 Å². The third-order valence-corrected chi connectivity index (χ3v) is 1.87. The summed E-state index contributed by atoms with van der Waals surface area (Å²) in [7, 11) is 0. The van der Waals surface area contributed by atoms with Crippen LogP contribution in [0.1, 0.15) is 18.9 Å². The van der Waals surface area contributed by atoms with Crippen LogP contribution in [0.3, 0.4) is 0 Å². The first-order valence-electron chi connectivity index (χ1n) is 4.23. The number of nitrogens with zero attached hydrogens (tertiary/aromatic N) is 1. The molecule has 13 heavy (non-hydrogen) atoms. The first kappa shape index (κ1) is 9.71. The summed E-state index contributed by atoms with van der Waals surface area (Å²) in [5, 5.41) is 0. The zero-order chi connectivity index (χ0) is 9.84. The largest absolute Gasteiger partial charge is 0.387 e. The van der Waals surface area contributed by atoms with Crippen LogP contribution < -0.4 is 5.73 Å². The zero-order valence-corrected chi connectivity index (χ0v) is 7.84. The van der Waals surface area contributed by atoms with Gasteiger partial charge in [-0.3, -0.25) is 0 Å². The number of amidine groups is 1. The van der Waals surface area contributed by atoms with Crippen LogP contribution in [-0.2, 0) is 0 Å². The van der Waals surface area contributed by atoms with Gasteiger partial charge in [0.1, 0.15) is 5.82 Å². The Morgan fingerprint density at radius 1 is 1.54 bits per heavy atom. The van der Waals surface area contributed by atoms with Crippen LogP contribution in [0, 0.1) is 12.7 Å². The Labute approximate surface area is 77.3 Å². The molecule has 1 rings (SSSR count). The molecule has 0 aliphatic carbocycles. The molecule has 0 aromatic heterocycles. The molecule has 0 atom stereocenters. The lowest BCUT2D eigenvalue weighted by Gasteiger charge is -2.01. The molecule has 2 nitrogen and oxygen atoms in total. The van der Waals surface area contributed by atoms with Gasteiger partial charge in [-0.1, -0.05) is 13.0 Å². The molecule has 0 fully saturated rings. The Morgan fingerprint density at radius 2 is 2.23 bits per heavy atom. The van der Waals surface area contributed by atoms with Crippen LogP contribution in [0.4, 0.5) is 10.1 Å². The monoisotopic (exact) mass is 180 g/mol. The average molecular weight is 180 g/mol. The highest BCUT2D eigenvalue weighted by Crippen LogP contribution is 2.20. The highest BCUT2D eigenvalue weighted by Gasteiger charge is 2.01. The molecule has 0 heterocycles. The van der Waals surface area contributed by atoms with Gasteiger partial charge in [0, 0.05) is 12.0 Å². The van der Waals surface area contributed by atoms with E-state index in [0.29, 0.717) is 23.5 Å². The average Bonchev–Trinajstić information content (AvgIpc) is 2.13. The molecule has 3 heteroatoms. The lowest BCUT2D eigenvalue weighted by Crippen LogP contribution is -2.08. The molecule has 0 aliphatic rings. The van der Waals surface area contributed by atoms with Crippen molar-refractivity contribution in [2.24, 2.45) is 10.7 Å². The highest BCUT2D eigenvalue weighted by molar-refractivity contribution is 5.83. The molecule has 0 bridgehead atoms. The Morgan fingerprint density at radius 3 is 2.85 bits per heavy atom. The van der Waals surface area contributed by atoms with Crippen molar-refractivity contribution in [1.29, 1.82) is 0 Å². The van der Waals surface area contributed by atoms with Gasteiger partial charge in [-0.15, -0.1) is 0 Å². The van der Waals surface area contributed by atoms with Gasteiger partial charge in [-0.25, -0.2) is 9.38 Å². The number of nitrogens with two attached hydrogens (primary N) is 1. The Bertz CT molecular complexity index is 332. The summed E-state index contributed by atoms with van der Waals surface area (Å²) in [4.78, 5) is 4.09. The van der Waals surface area contributed by atoms with Gasteiger partial charge in [-0.2, -0.15) is 0 Å². The molecule has 0 radical (unpaired) electrons. The summed E-state index contributed by atoms with van der Waals surface area (Å²) in [6, 6.07) is 4.79. The maximum Gasteiger partial charge on any atom is 0.128 e. The number of halogens is 1. The van der Waals surface area contributed by atoms with Crippen molar-refractivity contribution in [2.75, 3.05) is 0 Å². The zero-order valence-electron chi connectivity index (χ0n) is 7.84. The van der Waals surface area contributed by atoms with Crippen LogP contribution in [0.5, 0.6) is 0 Å². The predicted octanol–water partition coefficient (Wildman–Crippen LogP) is 2.53. The molecule has 0 saturated heterocycles. The molecule has 70 valence electrons. The third kappa shape index (κ3) is 2.28. The lowest BCUT2D eigenvalue weighted by molar-refractivity contribution is 0.619. The van der Waals surface area contributed by atoms with E-state index in [1.165, 1.54) is 6.07 Å². The number of rotatable bonds is 2. The molecule has 1 aromatic rings. The SMILES string of the molecule is CCC(N)=Nc1cccc(F)c1C. The van der Waals surface area contributed by atoms with Gasteiger partial charge in [-0.05, 0) is 19.1 Å². The fourth-order valence-corrected chi connectivity index (χ4v) is 0.951. The maximum atomic E-state index is 13.0. The minimum atomic E-state index is -0.245. The van der Waals surface area contributed by atoms with E-state index in [1.807, 2.05) is 6.92 Å². The number of benzene rings is 1. The molecule has 2 N–H and O–H groups in total. The van der Waals surface area contributed by atoms with Crippen LogP contribution in [0.15, 0.2) is 23.2 Å². The summed E-state index contributed by atoms with van der Waals surface area (Å²) in [5.74, 6) is 0.277. The molecule has 0 saturated carbocycles. The minimum absolute atomic E-state index is 0.245. The number of aliphatic imine (C=N–C) groups is 1. The van der Waals surface area contributed by atoms with Crippen molar-refractivity contribution < 1.29 is 4.39 Å². The summed E-state index contributed by atoms with van der Waals surface area (Å²) in [6.07, 6.45) is 0.677. The van der Waals surface area contributed by atoms with Gasteiger partial charge >= 0.3 is 0 Å². The summed E-state index contributed by atoms with van der Waals surface area (Å²) >= 11 is 0. The van der Waals surface area contributed by atoms with E-state index in [-0.39, 0.29) is 5.82 Å². The second kappa shape index (κ2) is 4.03. The normalized spacial score (nSPS) is 11.8. The first-order valence-corrected chi connectivity index (χ1v) is 4.23. The van der Waals surface area contributed by atoms with Crippen molar-refractivity contribution in [3.8, 4) is 0 Å². The summed E-state index contributed by atoms with van der Waals surface area (Å²) in [5.41, 5.74) is 6.70. The van der Waals surface area contributed by atoms with Gasteiger partial charge < -0.3 is 5.73 Å². The lowest BCUT2D eigenvalue weighted by atomic mass is 10.2. The number of hydrogen-bond acceptors (Lipinski definition) is 1. The summed E-state index contributed by atoms with van der Waals surface area (Å²) in [6.45, 7) is 3.60. The van der Waals surface area contributed by atoms with Gasteiger partial charge in [0.25, 0.3) is 0 Å². The standard InChI is InChI=1S/C10H13FN2/c1-3-10(12)13-9-6-4-5-8(11)7(9)2/h4-6H,3H2,1-2H3,(H2,12,13). The van der Waals surface area contributed by atoms with Crippen molar-refractivity contribution in [2.45, 2.75) is 20.3 Å². The molecule has 1 aromatic carbocycles. The van der Waals surface area contributed by atoms with E-state index in [2.05, 4.69) is 4.99 Å². The molecule has 0 spiro atoms. The Hall–Kier alpha value is -1.38. The second-order valence-electron chi connectivity index (χ2n) is 2.84. The fraction of sp³-hybridized carbons (Fsp3) is 0.300. The second-order valence-corrected chi connectivity index (χ2v) is 2.84. The maximum absolute atomic E-state index is 13.0. The molecule has 0 aliphatic heterocycles. The molecular formula is C10H13FN2. The van der Waals surface area contributed by atoms with Gasteiger partial charge in [0.2, 0.25) is 0 Å². The molecule has 0 unspecified atom stereocenters. The Kier molecular flexibility index (Phi) is 3.01. The van der Waals surface area contributed by atoms with E-state index in [1.54, 1.807) is 19.1 Å². The smallest absolute Gasteiger partial charge is 0.128 e. The van der Waals surface area contributed by atoms with E-state index in [4.69, 9.17) is 5.73 Å². The van der Waals surface area contributed by atoms with E-state index >= 15 is 0 Å². The number of hydrogen-bond donors (Lipinski definition) is 1. The van der Waals surface area contributed by atoms with Gasteiger partial charge in [0.05, 0.1) is 11.5 Å². The van der Waals surface area contributed by atoms with Crippen LogP contribution >= 0.6 is 0 Å². The molecular weight excluding hydrogens is 167 g/mol. The van der Waals surface area contributed by atoms with Crippen molar-refractivity contribution in [1.82, 2.24) is 0 Å².